The van der Waals surface area contributed by atoms with Crippen LogP contribution in [0.2, 0.25) is 0 Å². The summed E-state index contributed by atoms with van der Waals surface area (Å²) in [5, 5.41) is 0.854. The van der Waals surface area contributed by atoms with Gasteiger partial charge in [0.15, 0.2) is 5.65 Å². The summed E-state index contributed by atoms with van der Waals surface area (Å²) in [5.74, 6) is 0.606. The number of hydrogen-bond acceptors (Lipinski definition) is 5. The fourth-order valence-electron chi connectivity index (χ4n) is 2.34. The number of hydrogen-bond donors (Lipinski definition) is 0. The fraction of sp³-hybridized carbons (Fsp3) is 0.400. The molecular weight excluding hydrogens is 254 g/mol. The quantitative estimate of drug-likeness (QED) is 0.802. The molecule has 1 saturated heterocycles. The Kier molecular flexibility index (Phi) is 3.26. The van der Waals surface area contributed by atoms with E-state index >= 15 is 0 Å². The lowest BCUT2D eigenvalue weighted by atomic mass is 10.1. The molecule has 0 saturated carbocycles. The predicted molar refractivity (Wildman–Crippen MR) is 76.9 cm³/mol. The molecule has 2 aromatic heterocycles. The van der Waals surface area contributed by atoms with Crippen molar-refractivity contribution in [2.45, 2.75) is 26.3 Å². The third-order valence-corrected chi connectivity index (χ3v) is 3.65. The Morgan fingerprint density at radius 2 is 2.35 bits per heavy atom. The van der Waals surface area contributed by atoms with Crippen LogP contribution in [0.3, 0.4) is 0 Å². The lowest BCUT2D eigenvalue weighted by molar-refractivity contribution is 0.0526. The number of anilines is 1. The van der Waals surface area contributed by atoms with Crippen LogP contribution in [0.4, 0.5) is 5.82 Å². The largest absolute Gasteiger partial charge is 0.462 e. The molecule has 3 rings (SSSR count). The Labute approximate surface area is 117 Å². The topological polar surface area (TPSA) is 55.3 Å². The number of pyridine rings is 2. The van der Waals surface area contributed by atoms with Crippen LogP contribution in [-0.4, -0.2) is 35.1 Å². The van der Waals surface area contributed by atoms with Gasteiger partial charge < -0.3 is 9.64 Å². The van der Waals surface area contributed by atoms with Gasteiger partial charge in [0.25, 0.3) is 0 Å². The van der Waals surface area contributed by atoms with Gasteiger partial charge in [0, 0.05) is 24.2 Å². The van der Waals surface area contributed by atoms with E-state index in [0.29, 0.717) is 23.9 Å². The van der Waals surface area contributed by atoms with Gasteiger partial charge in [-0.25, -0.2) is 14.8 Å². The second-order valence-electron chi connectivity index (χ2n) is 4.99. The number of carbonyl (C=O) groups excluding carboxylic acids is 1. The first-order valence-corrected chi connectivity index (χ1v) is 6.89. The molecule has 5 heteroatoms. The zero-order valence-corrected chi connectivity index (χ0v) is 11.7. The highest BCUT2D eigenvalue weighted by molar-refractivity contribution is 5.93. The Balaban J connectivity index is 1.92. The van der Waals surface area contributed by atoms with Crippen LogP contribution in [-0.2, 0) is 4.74 Å². The summed E-state index contributed by atoms with van der Waals surface area (Å²) >= 11 is 0. The Morgan fingerprint density at radius 1 is 1.50 bits per heavy atom. The van der Waals surface area contributed by atoms with Crippen molar-refractivity contribution in [2.75, 3.05) is 18.1 Å². The van der Waals surface area contributed by atoms with Crippen LogP contribution in [0, 0.1) is 0 Å². The van der Waals surface area contributed by atoms with Crippen molar-refractivity contribution in [3.05, 3.63) is 30.0 Å². The van der Waals surface area contributed by atoms with Gasteiger partial charge in [-0.1, -0.05) is 0 Å². The SMILES string of the molecule is CCOC(=O)c1cnc2nc(N3CCC3C)ccc2c1. The molecular formula is C15H17N3O2. The van der Waals surface area contributed by atoms with Crippen molar-refractivity contribution in [3.8, 4) is 0 Å². The molecule has 104 valence electrons. The van der Waals surface area contributed by atoms with E-state index in [1.54, 1.807) is 13.0 Å². The molecule has 0 radical (unpaired) electrons. The maximum Gasteiger partial charge on any atom is 0.339 e. The number of carbonyl (C=O) groups is 1. The van der Waals surface area contributed by atoms with Gasteiger partial charge in [-0.3, -0.25) is 0 Å². The van der Waals surface area contributed by atoms with E-state index in [2.05, 4.69) is 21.8 Å². The van der Waals surface area contributed by atoms with E-state index in [1.807, 2.05) is 12.1 Å². The molecule has 0 aliphatic carbocycles. The molecule has 0 bridgehead atoms. The van der Waals surface area contributed by atoms with Crippen LogP contribution in [0.1, 0.15) is 30.6 Å². The minimum Gasteiger partial charge on any atom is -0.462 e. The van der Waals surface area contributed by atoms with Crippen LogP contribution in [0.15, 0.2) is 24.4 Å². The van der Waals surface area contributed by atoms with Gasteiger partial charge in [-0.2, -0.15) is 0 Å². The summed E-state index contributed by atoms with van der Waals surface area (Å²) in [7, 11) is 0. The lowest BCUT2D eigenvalue weighted by Gasteiger charge is -2.39. The zero-order valence-electron chi connectivity index (χ0n) is 11.7. The Bertz CT molecular complexity index is 657. The van der Waals surface area contributed by atoms with Crippen molar-refractivity contribution in [2.24, 2.45) is 0 Å². The van der Waals surface area contributed by atoms with Gasteiger partial charge in [0.2, 0.25) is 0 Å². The molecule has 3 heterocycles. The summed E-state index contributed by atoms with van der Waals surface area (Å²) in [5.41, 5.74) is 1.13. The number of rotatable bonds is 3. The van der Waals surface area contributed by atoms with Crippen LogP contribution in [0.25, 0.3) is 11.0 Å². The molecule has 0 spiro atoms. The average molecular weight is 271 g/mol. The molecule has 1 fully saturated rings. The Morgan fingerprint density at radius 3 is 3.00 bits per heavy atom. The summed E-state index contributed by atoms with van der Waals surface area (Å²) < 4.78 is 4.97. The summed E-state index contributed by atoms with van der Waals surface area (Å²) in [6.45, 7) is 5.38. The van der Waals surface area contributed by atoms with Crippen molar-refractivity contribution in [1.29, 1.82) is 0 Å². The summed E-state index contributed by atoms with van der Waals surface area (Å²) in [4.78, 5) is 22.8. The molecule has 1 aliphatic heterocycles. The first-order chi connectivity index (χ1) is 9.69. The number of aromatic nitrogens is 2. The van der Waals surface area contributed by atoms with Gasteiger partial charge in [0.05, 0.1) is 12.2 Å². The van der Waals surface area contributed by atoms with E-state index in [1.165, 1.54) is 12.6 Å². The number of nitrogens with zero attached hydrogens (tertiary/aromatic N) is 3. The van der Waals surface area contributed by atoms with Gasteiger partial charge in [0.1, 0.15) is 5.82 Å². The molecule has 5 nitrogen and oxygen atoms in total. The van der Waals surface area contributed by atoms with Gasteiger partial charge in [-0.15, -0.1) is 0 Å². The van der Waals surface area contributed by atoms with Crippen molar-refractivity contribution < 1.29 is 9.53 Å². The minimum absolute atomic E-state index is 0.345. The van der Waals surface area contributed by atoms with Crippen molar-refractivity contribution >= 4 is 22.8 Å². The lowest BCUT2D eigenvalue weighted by Crippen LogP contribution is -2.46. The first kappa shape index (κ1) is 12.8. The Hall–Kier alpha value is -2.17. The highest BCUT2D eigenvalue weighted by atomic mass is 16.5. The third kappa shape index (κ3) is 2.19. The predicted octanol–water partition coefficient (Wildman–Crippen LogP) is 2.41. The number of fused-ring (bicyclic) bond motifs is 1. The van der Waals surface area contributed by atoms with Crippen LogP contribution in [0.5, 0.6) is 0 Å². The molecule has 1 unspecified atom stereocenters. The van der Waals surface area contributed by atoms with Crippen molar-refractivity contribution in [1.82, 2.24) is 9.97 Å². The highest BCUT2D eigenvalue weighted by Crippen LogP contribution is 2.25. The molecule has 0 amide bonds. The molecule has 20 heavy (non-hydrogen) atoms. The second-order valence-corrected chi connectivity index (χ2v) is 4.99. The van der Waals surface area contributed by atoms with Crippen LogP contribution < -0.4 is 4.90 Å². The molecule has 0 N–H and O–H groups in total. The zero-order chi connectivity index (χ0) is 14.1. The van der Waals surface area contributed by atoms with E-state index < -0.39 is 0 Å². The number of esters is 1. The molecule has 2 aromatic rings. The summed E-state index contributed by atoms with van der Waals surface area (Å²) in [6, 6.07) is 6.25. The fourth-order valence-corrected chi connectivity index (χ4v) is 2.34. The van der Waals surface area contributed by atoms with Gasteiger partial charge in [-0.05, 0) is 38.5 Å². The van der Waals surface area contributed by atoms with E-state index in [9.17, 15) is 4.79 Å². The number of ether oxygens (including phenoxy) is 1. The standard InChI is InChI=1S/C15H17N3O2/c1-3-20-15(19)12-8-11-4-5-13(17-14(11)16-9-12)18-7-6-10(18)2/h4-5,8-10H,3,6-7H2,1-2H3. The summed E-state index contributed by atoms with van der Waals surface area (Å²) in [6.07, 6.45) is 2.73. The third-order valence-electron chi connectivity index (χ3n) is 3.65. The van der Waals surface area contributed by atoms with Crippen LogP contribution >= 0.6 is 0 Å². The van der Waals surface area contributed by atoms with E-state index in [-0.39, 0.29) is 5.97 Å². The van der Waals surface area contributed by atoms with E-state index in [4.69, 9.17) is 4.74 Å². The first-order valence-electron chi connectivity index (χ1n) is 6.89. The minimum atomic E-state index is -0.345. The molecule has 1 atom stereocenters. The monoisotopic (exact) mass is 271 g/mol. The highest BCUT2D eigenvalue weighted by Gasteiger charge is 2.24. The van der Waals surface area contributed by atoms with E-state index in [0.717, 1.165) is 17.7 Å². The smallest absolute Gasteiger partial charge is 0.339 e. The molecule has 0 aromatic carbocycles. The van der Waals surface area contributed by atoms with Crippen molar-refractivity contribution in [3.63, 3.8) is 0 Å². The maximum absolute atomic E-state index is 11.7. The second kappa shape index (κ2) is 5.07. The average Bonchev–Trinajstić information content (AvgIpc) is 2.45. The van der Waals surface area contributed by atoms with Gasteiger partial charge >= 0.3 is 5.97 Å². The normalized spacial score (nSPS) is 17.9. The molecule has 1 aliphatic rings. The maximum atomic E-state index is 11.7.